The van der Waals surface area contributed by atoms with Crippen LogP contribution < -0.4 is 4.74 Å². The molecule has 0 spiro atoms. The molecule has 0 aliphatic carbocycles. The lowest BCUT2D eigenvalue weighted by atomic mass is 10.1. The third kappa shape index (κ3) is 8.45. The summed E-state index contributed by atoms with van der Waals surface area (Å²) in [7, 11) is -4.65. The van der Waals surface area contributed by atoms with Crippen LogP contribution in [0, 0.1) is 0 Å². The Kier molecular flexibility index (Phi) is 9.64. The quantitative estimate of drug-likeness (QED) is 0.240. The van der Waals surface area contributed by atoms with E-state index in [0.29, 0.717) is 6.42 Å². The van der Waals surface area contributed by atoms with Crippen molar-refractivity contribution in [2.45, 2.75) is 76.0 Å². The van der Waals surface area contributed by atoms with Gasteiger partial charge >= 0.3 is 5.97 Å². The second-order valence-corrected chi connectivity index (χ2v) is 7.30. The molecule has 0 aliphatic heterocycles. The molecule has 0 amide bonds. The van der Waals surface area contributed by atoms with Crippen molar-refractivity contribution in [3.63, 3.8) is 0 Å². The Morgan fingerprint density at radius 3 is 2.08 bits per heavy atom. The maximum absolute atomic E-state index is 11.8. The van der Waals surface area contributed by atoms with Crippen LogP contribution in [0.1, 0.15) is 71.1 Å². The zero-order valence-electron chi connectivity index (χ0n) is 14.3. The van der Waals surface area contributed by atoms with E-state index in [1.807, 2.05) is 0 Å². The monoisotopic (exact) mass is 355 g/mol. The second-order valence-electron chi connectivity index (χ2n) is 5.95. The molecule has 1 aromatic carbocycles. The molecule has 0 aliphatic rings. The summed E-state index contributed by atoms with van der Waals surface area (Å²) < 4.78 is 38.4. The Morgan fingerprint density at radius 2 is 1.50 bits per heavy atom. The number of rotatable bonds is 12. The Labute approximate surface area is 145 Å². The van der Waals surface area contributed by atoms with Gasteiger partial charge in [0.05, 0.1) is 4.90 Å². The highest BCUT2D eigenvalue weighted by atomic mass is 32.2. The largest absolute Gasteiger partial charge is 0.744 e. The molecule has 0 saturated carbocycles. The standard InChI is InChI=1S/C18H28O5S/c1-2-3-4-5-6-7-8-9-10-15-18(19)23-16-13-11-12-14-17(16)24(20,21)22/h11-14H,2-10,15H2,1H3,(H,20,21,22)/p-1. The van der Waals surface area contributed by atoms with Gasteiger partial charge in [-0.05, 0) is 18.6 Å². The van der Waals surface area contributed by atoms with Crippen molar-refractivity contribution in [2.75, 3.05) is 0 Å². The normalized spacial score (nSPS) is 11.4. The zero-order chi connectivity index (χ0) is 17.8. The van der Waals surface area contributed by atoms with E-state index < -0.39 is 21.0 Å². The molecule has 0 unspecified atom stereocenters. The molecule has 24 heavy (non-hydrogen) atoms. The molecule has 6 heteroatoms. The molecule has 1 aromatic rings. The van der Waals surface area contributed by atoms with Crippen LogP contribution >= 0.6 is 0 Å². The maximum Gasteiger partial charge on any atom is 0.311 e. The Bertz CT molecular complexity index is 595. The first-order valence-corrected chi connectivity index (χ1v) is 10.1. The molecule has 0 aromatic heterocycles. The number of ether oxygens (including phenoxy) is 1. The minimum atomic E-state index is -4.65. The van der Waals surface area contributed by atoms with Crippen molar-refractivity contribution < 1.29 is 22.5 Å². The summed E-state index contributed by atoms with van der Waals surface area (Å²) in [5.74, 6) is -0.692. The van der Waals surface area contributed by atoms with Crippen molar-refractivity contribution in [1.82, 2.24) is 0 Å². The van der Waals surface area contributed by atoms with Crippen LogP contribution in [0.15, 0.2) is 29.2 Å². The van der Waals surface area contributed by atoms with Crippen LogP contribution in [0.5, 0.6) is 5.75 Å². The van der Waals surface area contributed by atoms with Crippen LogP contribution in [0.2, 0.25) is 0 Å². The third-order valence-corrected chi connectivity index (χ3v) is 4.70. The van der Waals surface area contributed by atoms with Gasteiger partial charge in [0, 0.05) is 6.42 Å². The zero-order valence-corrected chi connectivity index (χ0v) is 15.1. The molecule has 0 heterocycles. The first kappa shape index (κ1) is 20.6. The summed E-state index contributed by atoms with van der Waals surface area (Å²) in [4.78, 5) is 11.3. The van der Waals surface area contributed by atoms with Crippen molar-refractivity contribution in [1.29, 1.82) is 0 Å². The van der Waals surface area contributed by atoms with E-state index in [-0.39, 0.29) is 12.2 Å². The second kappa shape index (κ2) is 11.2. The van der Waals surface area contributed by atoms with E-state index in [1.165, 1.54) is 56.7 Å². The summed E-state index contributed by atoms with van der Waals surface area (Å²) in [6.45, 7) is 2.20. The number of carbonyl (C=O) groups excluding carboxylic acids is 1. The molecule has 1 rings (SSSR count). The molecule has 0 bridgehead atoms. The molecule has 0 fully saturated rings. The Morgan fingerprint density at radius 1 is 0.958 bits per heavy atom. The smallest absolute Gasteiger partial charge is 0.311 e. The molecular formula is C18H27O5S-. The number of carbonyl (C=O) groups is 1. The van der Waals surface area contributed by atoms with Crippen molar-refractivity contribution in [3.8, 4) is 5.75 Å². The number of hydrogen-bond acceptors (Lipinski definition) is 5. The van der Waals surface area contributed by atoms with E-state index in [1.54, 1.807) is 0 Å². The SMILES string of the molecule is CCCCCCCCCCCC(=O)Oc1ccccc1S(=O)(=O)[O-]. The first-order valence-electron chi connectivity index (χ1n) is 8.70. The number of para-hydroxylation sites is 1. The van der Waals surface area contributed by atoms with Crippen molar-refractivity contribution in [3.05, 3.63) is 24.3 Å². The fraction of sp³-hybridized carbons (Fsp3) is 0.611. The number of benzene rings is 1. The van der Waals surface area contributed by atoms with E-state index in [9.17, 15) is 17.8 Å². The van der Waals surface area contributed by atoms with Gasteiger partial charge in [-0.25, -0.2) is 8.42 Å². The molecule has 136 valence electrons. The number of unbranched alkanes of at least 4 members (excludes halogenated alkanes) is 8. The highest BCUT2D eigenvalue weighted by Crippen LogP contribution is 2.23. The lowest BCUT2D eigenvalue weighted by Gasteiger charge is -2.12. The first-order chi connectivity index (χ1) is 11.4. The van der Waals surface area contributed by atoms with E-state index >= 15 is 0 Å². The number of hydrogen-bond donors (Lipinski definition) is 0. The van der Waals surface area contributed by atoms with Gasteiger partial charge in [0.15, 0.2) is 0 Å². The van der Waals surface area contributed by atoms with E-state index in [0.717, 1.165) is 18.9 Å². The van der Waals surface area contributed by atoms with Gasteiger partial charge in [0.2, 0.25) is 0 Å². The fourth-order valence-corrected chi connectivity index (χ4v) is 3.10. The van der Waals surface area contributed by atoms with Crippen molar-refractivity contribution in [2.24, 2.45) is 0 Å². The van der Waals surface area contributed by atoms with E-state index in [4.69, 9.17) is 4.74 Å². The minimum Gasteiger partial charge on any atom is -0.744 e. The Hall–Kier alpha value is -1.40. The van der Waals surface area contributed by atoms with Gasteiger partial charge in [0.25, 0.3) is 0 Å². The van der Waals surface area contributed by atoms with Gasteiger partial charge in [-0.2, -0.15) is 0 Å². The van der Waals surface area contributed by atoms with Crippen molar-refractivity contribution >= 4 is 16.1 Å². The van der Waals surface area contributed by atoms with Gasteiger partial charge in [0.1, 0.15) is 15.9 Å². The predicted octanol–water partition coefficient (Wildman–Crippen LogP) is 4.42. The molecule has 0 N–H and O–H groups in total. The number of esters is 1. The molecular weight excluding hydrogens is 328 g/mol. The Balaban J connectivity index is 2.24. The van der Waals surface area contributed by atoms with Crippen LogP contribution in [-0.2, 0) is 14.9 Å². The van der Waals surface area contributed by atoms with Crippen LogP contribution in [0.25, 0.3) is 0 Å². The minimum absolute atomic E-state index is 0.187. The average molecular weight is 355 g/mol. The van der Waals surface area contributed by atoms with Crippen LogP contribution in [-0.4, -0.2) is 18.9 Å². The molecule has 0 atom stereocenters. The predicted molar refractivity (Wildman–Crippen MR) is 91.9 cm³/mol. The molecule has 5 nitrogen and oxygen atoms in total. The lowest BCUT2D eigenvalue weighted by Crippen LogP contribution is -2.11. The molecule has 0 saturated heterocycles. The summed E-state index contributed by atoms with van der Waals surface area (Å²) in [5.41, 5.74) is 0. The van der Waals surface area contributed by atoms with Gasteiger partial charge in [-0.3, -0.25) is 4.79 Å². The van der Waals surface area contributed by atoms with Gasteiger partial charge < -0.3 is 9.29 Å². The van der Waals surface area contributed by atoms with E-state index in [2.05, 4.69) is 6.92 Å². The lowest BCUT2D eigenvalue weighted by molar-refractivity contribution is -0.134. The van der Waals surface area contributed by atoms with Gasteiger partial charge in [-0.1, -0.05) is 70.4 Å². The molecule has 0 radical (unpaired) electrons. The summed E-state index contributed by atoms with van der Waals surface area (Å²) in [6, 6.07) is 5.40. The summed E-state index contributed by atoms with van der Waals surface area (Å²) in [5, 5.41) is 0. The van der Waals surface area contributed by atoms with Crippen LogP contribution in [0.3, 0.4) is 0 Å². The fourth-order valence-electron chi connectivity index (χ4n) is 2.49. The highest BCUT2D eigenvalue weighted by molar-refractivity contribution is 7.85. The van der Waals surface area contributed by atoms with Crippen LogP contribution in [0.4, 0.5) is 0 Å². The summed E-state index contributed by atoms with van der Waals surface area (Å²) >= 11 is 0. The maximum atomic E-state index is 11.8. The third-order valence-electron chi connectivity index (χ3n) is 3.83. The summed E-state index contributed by atoms with van der Waals surface area (Å²) in [6.07, 6.45) is 10.5. The topological polar surface area (TPSA) is 83.5 Å². The van der Waals surface area contributed by atoms with Gasteiger partial charge in [-0.15, -0.1) is 0 Å². The highest BCUT2D eigenvalue weighted by Gasteiger charge is 2.12. The average Bonchev–Trinajstić information content (AvgIpc) is 2.53.